The molecule has 0 saturated carbocycles. The molecule has 0 aliphatic rings. The molecule has 1 rings (SSSR count). The number of hydrogen-bond donors (Lipinski definition) is 0. The molecule has 0 radical (unpaired) electrons. The van der Waals surface area contributed by atoms with Crippen molar-refractivity contribution in [3.63, 3.8) is 0 Å². The predicted molar refractivity (Wildman–Crippen MR) is 79.2 cm³/mol. The summed E-state index contributed by atoms with van der Waals surface area (Å²) in [7, 11) is 0. The van der Waals surface area contributed by atoms with Crippen molar-refractivity contribution < 1.29 is 4.74 Å². The van der Waals surface area contributed by atoms with Gasteiger partial charge in [0, 0.05) is 0 Å². The maximum absolute atomic E-state index is 5.70. The van der Waals surface area contributed by atoms with Gasteiger partial charge in [0.05, 0.1) is 6.10 Å². The lowest BCUT2D eigenvalue weighted by Crippen LogP contribution is -2.23. The molecule has 0 aromatic heterocycles. The highest BCUT2D eigenvalue weighted by Crippen LogP contribution is 2.40. The van der Waals surface area contributed by atoms with E-state index < -0.39 is 0 Å². The Kier molecular flexibility index (Phi) is 4.84. The summed E-state index contributed by atoms with van der Waals surface area (Å²) >= 11 is 0. The Balaban J connectivity index is 2.95. The monoisotopic (exact) mass is 248 g/mol. The van der Waals surface area contributed by atoms with Crippen LogP contribution in [0.25, 0.3) is 0 Å². The van der Waals surface area contributed by atoms with Gasteiger partial charge in [-0.15, -0.1) is 0 Å². The van der Waals surface area contributed by atoms with Crippen molar-refractivity contribution in [1.82, 2.24) is 0 Å². The highest BCUT2D eigenvalue weighted by atomic mass is 16.5. The van der Waals surface area contributed by atoms with E-state index in [2.05, 4.69) is 72.7 Å². The second kappa shape index (κ2) is 5.77. The van der Waals surface area contributed by atoms with Crippen LogP contribution in [0.15, 0.2) is 24.3 Å². The van der Waals surface area contributed by atoms with Crippen LogP contribution >= 0.6 is 0 Å². The fraction of sp³-hybridized carbons (Fsp3) is 0.647. The van der Waals surface area contributed by atoms with E-state index in [1.807, 2.05) is 0 Å². The first-order chi connectivity index (χ1) is 8.21. The molecule has 1 aromatic carbocycles. The molecular weight excluding hydrogens is 220 g/mol. The molecule has 1 aromatic rings. The minimum atomic E-state index is 0.236. The molecule has 0 saturated heterocycles. The molecule has 0 amide bonds. The van der Waals surface area contributed by atoms with Gasteiger partial charge < -0.3 is 4.74 Å². The quantitative estimate of drug-likeness (QED) is 0.706. The lowest BCUT2D eigenvalue weighted by atomic mass is 9.70. The van der Waals surface area contributed by atoms with Crippen molar-refractivity contribution in [2.24, 2.45) is 11.3 Å². The average Bonchev–Trinajstić information content (AvgIpc) is 2.17. The van der Waals surface area contributed by atoms with Crippen LogP contribution in [0.2, 0.25) is 0 Å². The highest BCUT2D eigenvalue weighted by Gasteiger charge is 2.28. The highest BCUT2D eigenvalue weighted by molar-refractivity contribution is 5.30. The fourth-order valence-corrected chi connectivity index (χ4v) is 2.91. The smallest absolute Gasteiger partial charge is 0.119 e. The van der Waals surface area contributed by atoms with E-state index in [0.717, 1.165) is 5.75 Å². The molecule has 0 N–H and O–H groups in total. The summed E-state index contributed by atoms with van der Waals surface area (Å²) in [5.74, 6) is 2.18. The van der Waals surface area contributed by atoms with Gasteiger partial charge in [0.25, 0.3) is 0 Å². The van der Waals surface area contributed by atoms with Crippen LogP contribution in [0.5, 0.6) is 5.75 Å². The summed E-state index contributed by atoms with van der Waals surface area (Å²) < 4.78 is 5.70. The Hall–Kier alpha value is -0.980. The third kappa shape index (κ3) is 4.04. The van der Waals surface area contributed by atoms with Crippen LogP contribution in [0.1, 0.15) is 59.9 Å². The molecule has 0 aliphatic carbocycles. The van der Waals surface area contributed by atoms with Gasteiger partial charge in [0.1, 0.15) is 5.75 Å². The minimum absolute atomic E-state index is 0.236. The summed E-state index contributed by atoms with van der Waals surface area (Å²) in [6.07, 6.45) is 0.236. The summed E-state index contributed by atoms with van der Waals surface area (Å²) in [6, 6.07) is 8.62. The van der Waals surface area contributed by atoms with Crippen LogP contribution in [-0.4, -0.2) is 6.10 Å². The molecule has 1 nitrogen and oxygen atoms in total. The number of hydrogen-bond acceptors (Lipinski definition) is 1. The van der Waals surface area contributed by atoms with E-state index in [-0.39, 0.29) is 11.5 Å². The topological polar surface area (TPSA) is 9.23 Å². The Morgan fingerprint density at radius 1 is 0.889 bits per heavy atom. The van der Waals surface area contributed by atoms with Crippen molar-refractivity contribution in [1.29, 1.82) is 0 Å². The molecule has 18 heavy (non-hydrogen) atoms. The van der Waals surface area contributed by atoms with E-state index in [4.69, 9.17) is 4.74 Å². The van der Waals surface area contributed by atoms with Crippen LogP contribution in [0, 0.1) is 11.3 Å². The van der Waals surface area contributed by atoms with Crippen molar-refractivity contribution in [3.8, 4) is 5.75 Å². The first kappa shape index (κ1) is 15.1. The number of benzene rings is 1. The third-order valence-electron chi connectivity index (χ3n) is 3.21. The first-order valence-corrected chi connectivity index (χ1v) is 6.98. The second-order valence-electron chi connectivity index (χ2n) is 6.82. The summed E-state index contributed by atoms with van der Waals surface area (Å²) in [5, 5.41) is 0. The standard InChI is InChI=1S/C17H28O/c1-12(2)16(17(5,6)7)14-8-10-15(11-9-14)18-13(3)4/h8-13,16H,1-7H3. The van der Waals surface area contributed by atoms with Gasteiger partial charge >= 0.3 is 0 Å². The summed E-state index contributed by atoms with van der Waals surface area (Å²) in [5.41, 5.74) is 1.70. The fourth-order valence-electron chi connectivity index (χ4n) is 2.91. The normalized spacial score (nSPS) is 14.1. The Bertz CT molecular complexity index is 354. The molecule has 1 unspecified atom stereocenters. The van der Waals surface area contributed by atoms with Crippen LogP contribution in [-0.2, 0) is 0 Å². The maximum Gasteiger partial charge on any atom is 0.119 e. The molecule has 0 heterocycles. The predicted octanol–water partition coefficient (Wildman–Crippen LogP) is 5.26. The van der Waals surface area contributed by atoms with Gasteiger partial charge in [-0.2, -0.15) is 0 Å². The molecule has 102 valence electrons. The first-order valence-electron chi connectivity index (χ1n) is 6.98. The lowest BCUT2D eigenvalue weighted by molar-refractivity contribution is 0.240. The molecule has 0 spiro atoms. The van der Waals surface area contributed by atoms with Gasteiger partial charge in [0.15, 0.2) is 0 Å². The molecular formula is C17H28O. The molecule has 0 bridgehead atoms. The molecule has 0 fully saturated rings. The van der Waals surface area contributed by atoms with Crippen molar-refractivity contribution in [2.45, 2.75) is 60.5 Å². The zero-order valence-corrected chi connectivity index (χ0v) is 12.9. The van der Waals surface area contributed by atoms with E-state index in [9.17, 15) is 0 Å². The average molecular weight is 248 g/mol. The Labute approximate surface area is 113 Å². The van der Waals surface area contributed by atoms with Crippen molar-refractivity contribution in [3.05, 3.63) is 29.8 Å². The van der Waals surface area contributed by atoms with Gasteiger partial charge in [-0.3, -0.25) is 0 Å². The summed E-state index contributed by atoms with van der Waals surface area (Å²) in [6.45, 7) is 15.7. The van der Waals surface area contributed by atoms with Gasteiger partial charge in [0.2, 0.25) is 0 Å². The number of ether oxygens (including phenoxy) is 1. The molecule has 1 heteroatoms. The van der Waals surface area contributed by atoms with E-state index in [1.54, 1.807) is 0 Å². The molecule has 0 aliphatic heterocycles. The second-order valence-corrected chi connectivity index (χ2v) is 6.82. The largest absolute Gasteiger partial charge is 0.491 e. The zero-order chi connectivity index (χ0) is 13.9. The van der Waals surface area contributed by atoms with Gasteiger partial charge in [-0.1, -0.05) is 46.8 Å². The van der Waals surface area contributed by atoms with Crippen LogP contribution < -0.4 is 4.74 Å². The zero-order valence-electron chi connectivity index (χ0n) is 12.9. The Morgan fingerprint density at radius 3 is 1.72 bits per heavy atom. The van der Waals surface area contributed by atoms with Crippen LogP contribution in [0.3, 0.4) is 0 Å². The van der Waals surface area contributed by atoms with E-state index >= 15 is 0 Å². The van der Waals surface area contributed by atoms with Gasteiger partial charge in [-0.05, 0) is 48.8 Å². The van der Waals surface area contributed by atoms with E-state index in [0.29, 0.717) is 11.8 Å². The van der Waals surface area contributed by atoms with Crippen molar-refractivity contribution in [2.75, 3.05) is 0 Å². The maximum atomic E-state index is 5.70. The minimum Gasteiger partial charge on any atom is -0.491 e. The number of rotatable bonds is 4. The third-order valence-corrected chi connectivity index (χ3v) is 3.21. The lowest BCUT2D eigenvalue weighted by Gasteiger charge is -2.34. The van der Waals surface area contributed by atoms with Crippen LogP contribution in [0.4, 0.5) is 0 Å². The van der Waals surface area contributed by atoms with E-state index in [1.165, 1.54) is 5.56 Å². The van der Waals surface area contributed by atoms with Gasteiger partial charge in [-0.25, -0.2) is 0 Å². The SMILES string of the molecule is CC(C)Oc1ccc(C(C(C)C)C(C)(C)C)cc1. The summed E-state index contributed by atoms with van der Waals surface area (Å²) in [4.78, 5) is 0. The Morgan fingerprint density at radius 2 is 1.39 bits per heavy atom. The molecule has 1 atom stereocenters. The van der Waals surface area contributed by atoms with Crippen molar-refractivity contribution >= 4 is 0 Å².